The van der Waals surface area contributed by atoms with Crippen LogP contribution in [0.1, 0.15) is 30.1 Å². The number of sulfonamides is 1. The number of esters is 1. The van der Waals surface area contributed by atoms with Gasteiger partial charge < -0.3 is 14.5 Å². The molecule has 1 aromatic carbocycles. The fourth-order valence-electron chi connectivity index (χ4n) is 3.56. The van der Waals surface area contributed by atoms with Gasteiger partial charge in [0.25, 0.3) is 15.9 Å². The molecule has 0 atom stereocenters. The molecule has 2 aromatic rings. The highest BCUT2D eigenvalue weighted by atomic mass is 32.2. The van der Waals surface area contributed by atoms with E-state index in [1.165, 1.54) is 24.1 Å². The molecule has 0 radical (unpaired) electrons. The maximum Gasteiger partial charge on any atom is 0.309 e. The minimum absolute atomic E-state index is 0.117. The van der Waals surface area contributed by atoms with Gasteiger partial charge in [-0.15, -0.1) is 11.3 Å². The minimum atomic E-state index is -3.73. The van der Waals surface area contributed by atoms with E-state index in [1.54, 1.807) is 41.5 Å². The monoisotopic (exact) mass is 493 g/mol. The number of hydrogen-bond donors (Lipinski definition) is 1. The van der Waals surface area contributed by atoms with Gasteiger partial charge in [0.2, 0.25) is 5.91 Å². The van der Waals surface area contributed by atoms with E-state index in [0.29, 0.717) is 32.5 Å². The highest BCUT2D eigenvalue weighted by Crippen LogP contribution is 2.22. The zero-order valence-corrected chi connectivity index (χ0v) is 20.2. The van der Waals surface area contributed by atoms with Crippen LogP contribution in [0.5, 0.6) is 0 Å². The molecule has 1 N–H and O–H groups in total. The van der Waals surface area contributed by atoms with Crippen LogP contribution in [-0.2, 0) is 24.3 Å². The summed E-state index contributed by atoms with van der Waals surface area (Å²) in [7, 11) is -2.21. The summed E-state index contributed by atoms with van der Waals surface area (Å²) in [6.07, 6.45) is 1.07. The van der Waals surface area contributed by atoms with E-state index >= 15 is 0 Å². The first-order chi connectivity index (χ1) is 15.7. The summed E-state index contributed by atoms with van der Waals surface area (Å²) in [6, 6.07) is 9.29. The standard InChI is InChI=1S/C22H27N3O6S2/c1-3-31-22(28)16-9-11-25(12-10-16)19(26)15-24(2)21(27)17-6-4-7-18(14-17)23-33(29,30)20-8-5-13-32-20/h4-8,13-14,16,23H,3,9-12,15H2,1-2H3. The number of likely N-dealkylation sites (N-methyl/N-ethyl adjacent to an activating group) is 1. The lowest BCUT2D eigenvalue weighted by Gasteiger charge is -2.32. The second kappa shape index (κ2) is 10.8. The van der Waals surface area contributed by atoms with Crippen molar-refractivity contribution in [1.29, 1.82) is 0 Å². The average molecular weight is 494 g/mol. The number of carbonyl (C=O) groups excluding carboxylic acids is 3. The number of thiophene rings is 1. The minimum Gasteiger partial charge on any atom is -0.466 e. The van der Waals surface area contributed by atoms with Crippen LogP contribution in [0.25, 0.3) is 0 Å². The van der Waals surface area contributed by atoms with Crippen LogP contribution in [0.2, 0.25) is 0 Å². The van der Waals surface area contributed by atoms with Crippen LogP contribution in [0.15, 0.2) is 46.0 Å². The zero-order valence-electron chi connectivity index (χ0n) is 18.5. The van der Waals surface area contributed by atoms with E-state index in [4.69, 9.17) is 4.74 Å². The Morgan fingerprint density at radius 3 is 2.55 bits per heavy atom. The van der Waals surface area contributed by atoms with Gasteiger partial charge in [0.1, 0.15) is 4.21 Å². The molecule has 0 aliphatic carbocycles. The fourth-order valence-corrected chi connectivity index (χ4v) is 5.60. The van der Waals surface area contributed by atoms with Crippen LogP contribution in [0, 0.1) is 5.92 Å². The summed E-state index contributed by atoms with van der Waals surface area (Å²) in [6.45, 7) is 2.85. The van der Waals surface area contributed by atoms with Gasteiger partial charge in [-0.05, 0) is 49.4 Å². The Hall–Kier alpha value is -2.92. The van der Waals surface area contributed by atoms with Gasteiger partial charge in [-0.25, -0.2) is 8.42 Å². The molecule has 3 rings (SSSR count). The van der Waals surface area contributed by atoms with Crippen molar-refractivity contribution in [3.05, 3.63) is 47.3 Å². The second-order valence-electron chi connectivity index (χ2n) is 7.69. The maximum absolute atomic E-state index is 12.8. The van der Waals surface area contributed by atoms with Gasteiger partial charge in [-0.2, -0.15) is 0 Å². The number of hydrogen-bond acceptors (Lipinski definition) is 7. The summed E-state index contributed by atoms with van der Waals surface area (Å²) >= 11 is 1.10. The predicted octanol–water partition coefficient (Wildman–Crippen LogP) is 2.42. The SMILES string of the molecule is CCOC(=O)C1CCN(C(=O)CN(C)C(=O)c2cccc(NS(=O)(=O)c3cccs3)c2)CC1. The van der Waals surface area contributed by atoms with Crippen molar-refractivity contribution in [2.24, 2.45) is 5.92 Å². The number of rotatable bonds is 8. The molecular weight excluding hydrogens is 466 g/mol. The van der Waals surface area contributed by atoms with Crippen molar-refractivity contribution in [3.8, 4) is 0 Å². The predicted molar refractivity (Wildman–Crippen MR) is 124 cm³/mol. The summed E-state index contributed by atoms with van der Waals surface area (Å²) in [5.74, 6) is -1.04. The smallest absolute Gasteiger partial charge is 0.309 e. The molecule has 1 saturated heterocycles. The lowest BCUT2D eigenvalue weighted by atomic mass is 9.97. The molecule has 1 aromatic heterocycles. The quantitative estimate of drug-likeness (QED) is 0.565. The molecular formula is C22H27N3O6S2. The van der Waals surface area contributed by atoms with Crippen LogP contribution in [-0.4, -0.2) is 69.3 Å². The molecule has 178 valence electrons. The van der Waals surface area contributed by atoms with Gasteiger partial charge in [-0.1, -0.05) is 12.1 Å². The molecule has 2 heterocycles. The Labute approximate surface area is 197 Å². The molecule has 1 aliphatic heterocycles. The lowest BCUT2D eigenvalue weighted by Crippen LogP contribution is -2.45. The second-order valence-corrected chi connectivity index (χ2v) is 10.5. The van der Waals surface area contributed by atoms with Crippen molar-refractivity contribution in [2.75, 3.05) is 38.0 Å². The lowest BCUT2D eigenvalue weighted by molar-refractivity contribution is -0.151. The van der Waals surface area contributed by atoms with Crippen LogP contribution in [0.4, 0.5) is 5.69 Å². The first-order valence-electron chi connectivity index (χ1n) is 10.6. The summed E-state index contributed by atoms with van der Waals surface area (Å²) in [5, 5.41) is 1.67. The Kier molecular flexibility index (Phi) is 8.09. The van der Waals surface area contributed by atoms with E-state index in [0.717, 1.165) is 11.3 Å². The maximum atomic E-state index is 12.8. The largest absolute Gasteiger partial charge is 0.466 e. The van der Waals surface area contributed by atoms with Gasteiger partial charge in [0.05, 0.1) is 19.1 Å². The van der Waals surface area contributed by atoms with Gasteiger partial charge in [-0.3, -0.25) is 19.1 Å². The number of ether oxygens (including phenoxy) is 1. The topological polar surface area (TPSA) is 113 Å². The molecule has 33 heavy (non-hydrogen) atoms. The van der Waals surface area contributed by atoms with E-state index < -0.39 is 15.9 Å². The molecule has 0 bridgehead atoms. The molecule has 9 nitrogen and oxygen atoms in total. The first-order valence-corrected chi connectivity index (χ1v) is 12.9. The van der Waals surface area contributed by atoms with Gasteiger partial charge in [0.15, 0.2) is 0 Å². The summed E-state index contributed by atoms with van der Waals surface area (Å²) in [5.41, 5.74) is 0.521. The van der Waals surface area contributed by atoms with Crippen molar-refractivity contribution in [1.82, 2.24) is 9.80 Å². The number of amides is 2. The van der Waals surface area contributed by atoms with E-state index in [9.17, 15) is 22.8 Å². The third-order valence-corrected chi connectivity index (χ3v) is 8.09. The normalized spacial score (nSPS) is 14.5. The van der Waals surface area contributed by atoms with Crippen LogP contribution in [0.3, 0.4) is 0 Å². The number of nitrogens with zero attached hydrogens (tertiary/aromatic N) is 2. The summed E-state index contributed by atoms with van der Waals surface area (Å²) < 4.78 is 32.5. The third kappa shape index (κ3) is 6.32. The summed E-state index contributed by atoms with van der Waals surface area (Å²) in [4.78, 5) is 40.3. The highest BCUT2D eigenvalue weighted by molar-refractivity contribution is 7.94. The molecule has 2 amide bonds. The molecule has 1 aliphatic rings. The van der Waals surface area contributed by atoms with Crippen LogP contribution >= 0.6 is 11.3 Å². The number of benzene rings is 1. The van der Waals surface area contributed by atoms with Crippen molar-refractivity contribution < 1.29 is 27.5 Å². The molecule has 1 fully saturated rings. The Morgan fingerprint density at radius 1 is 1.18 bits per heavy atom. The zero-order chi connectivity index (χ0) is 24.0. The molecule has 11 heteroatoms. The van der Waals surface area contributed by atoms with E-state index in [1.807, 2.05) is 0 Å². The van der Waals surface area contributed by atoms with Gasteiger partial charge in [0, 0.05) is 31.4 Å². The molecule has 0 saturated carbocycles. The highest BCUT2D eigenvalue weighted by Gasteiger charge is 2.29. The van der Waals surface area contributed by atoms with Crippen LogP contribution < -0.4 is 4.72 Å². The number of nitrogens with one attached hydrogen (secondary N) is 1. The average Bonchev–Trinajstić information content (AvgIpc) is 3.35. The Morgan fingerprint density at radius 2 is 1.91 bits per heavy atom. The molecule has 0 unspecified atom stereocenters. The van der Waals surface area contributed by atoms with Crippen molar-refractivity contribution in [3.63, 3.8) is 0 Å². The van der Waals surface area contributed by atoms with Crippen molar-refractivity contribution >= 4 is 44.8 Å². The molecule has 0 spiro atoms. The fraction of sp³-hybridized carbons (Fsp3) is 0.409. The number of piperidine rings is 1. The Balaban J connectivity index is 1.57. The first kappa shape index (κ1) is 24.7. The van der Waals surface area contributed by atoms with Crippen molar-refractivity contribution in [2.45, 2.75) is 24.0 Å². The van der Waals surface area contributed by atoms with Gasteiger partial charge >= 0.3 is 5.97 Å². The Bertz CT molecular complexity index is 1090. The number of carbonyl (C=O) groups is 3. The van der Waals surface area contributed by atoms with E-state index in [2.05, 4.69) is 4.72 Å². The third-order valence-electron chi connectivity index (χ3n) is 5.31. The number of likely N-dealkylation sites (tertiary alicyclic amines) is 1. The van der Waals surface area contributed by atoms with E-state index in [-0.39, 0.29) is 39.8 Å². The number of anilines is 1.